The van der Waals surface area contributed by atoms with Crippen molar-refractivity contribution in [3.63, 3.8) is 0 Å². The molecular weight excluding hydrogens is 330 g/mol. The molecule has 22 heavy (non-hydrogen) atoms. The fraction of sp³-hybridized carbons (Fsp3) is 0.231. The Bertz CT molecular complexity index is 914. The largest absolute Gasteiger partial charge is 0.385 e. The fourth-order valence-corrected chi connectivity index (χ4v) is 3.09. The van der Waals surface area contributed by atoms with Crippen molar-refractivity contribution >= 4 is 36.7 Å². The standard InChI is InChI=1S/C13H15NO6S2/c1-2-5-14-13-8-11(22(18,19)20)7-9-6-10(21(15,16)17)3-4-12(9)13/h3-4,6-8,14H,2,5H2,1H3,(H,15,16,17)(H,18,19,20). The molecule has 0 aliphatic rings. The van der Waals surface area contributed by atoms with Gasteiger partial charge in [-0.15, -0.1) is 0 Å². The smallest absolute Gasteiger partial charge is 0.294 e. The third kappa shape index (κ3) is 3.55. The van der Waals surface area contributed by atoms with Crippen LogP contribution in [0.2, 0.25) is 0 Å². The van der Waals surface area contributed by atoms with Crippen LogP contribution in [0.1, 0.15) is 13.3 Å². The van der Waals surface area contributed by atoms with Crippen molar-refractivity contribution in [2.45, 2.75) is 23.1 Å². The Morgan fingerprint density at radius 3 is 2.09 bits per heavy atom. The Kier molecular flexibility index (Phi) is 4.43. The third-order valence-corrected chi connectivity index (χ3v) is 4.74. The highest BCUT2D eigenvalue weighted by atomic mass is 32.2. The van der Waals surface area contributed by atoms with E-state index >= 15 is 0 Å². The van der Waals surface area contributed by atoms with E-state index in [1.54, 1.807) is 0 Å². The van der Waals surface area contributed by atoms with Crippen LogP contribution >= 0.6 is 0 Å². The van der Waals surface area contributed by atoms with Gasteiger partial charge >= 0.3 is 0 Å². The molecular formula is C13H15NO6S2. The van der Waals surface area contributed by atoms with E-state index in [0.717, 1.165) is 18.6 Å². The number of nitrogens with one attached hydrogen (secondary N) is 1. The van der Waals surface area contributed by atoms with Crippen LogP contribution < -0.4 is 5.32 Å². The first-order valence-electron chi connectivity index (χ1n) is 6.39. The second-order valence-electron chi connectivity index (χ2n) is 4.73. The minimum atomic E-state index is -4.44. The molecule has 7 nitrogen and oxygen atoms in total. The lowest BCUT2D eigenvalue weighted by Crippen LogP contribution is -2.04. The van der Waals surface area contributed by atoms with Gasteiger partial charge in [0.2, 0.25) is 0 Å². The summed E-state index contributed by atoms with van der Waals surface area (Å²) in [5.74, 6) is 0. The van der Waals surface area contributed by atoms with E-state index in [4.69, 9.17) is 4.55 Å². The van der Waals surface area contributed by atoms with E-state index in [1.165, 1.54) is 18.2 Å². The summed E-state index contributed by atoms with van der Waals surface area (Å²) < 4.78 is 63.3. The van der Waals surface area contributed by atoms with Crippen LogP contribution in [0.4, 0.5) is 5.69 Å². The molecule has 120 valence electrons. The monoisotopic (exact) mass is 345 g/mol. The summed E-state index contributed by atoms with van der Waals surface area (Å²) in [6.07, 6.45) is 0.792. The molecule has 0 saturated carbocycles. The SMILES string of the molecule is CCCNc1cc(S(=O)(=O)O)cc2cc(S(=O)(=O)O)ccc12. The van der Waals surface area contributed by atoms with Crippen LogP contribution in [-0.4, -0.2) is 32.5 Å². The lowest BCUT2D eigenvalue weighted by molar-refractivity contribution is 0.481. The number of rotatable bonds is 5. The molecule has 9 heteroatoms. The number of hydrogen-bond acceptors (Lipinski definition) is 5. The highest BCUT2D eigenvalue weighted by molar-refractivity contribution is 7.86. The molecule has 0 bridgehead atoms. The van der Waals surface area contributed by atoms with Crippen molar-refractivity contribution in [3.05, 3.63) is 30.3 Å². The quantitative estimate of drug-likeness (QED) is 0.710. The molecule has 2 aromatic rings. The summed E-state index contributed by atoms with van der Waals surface area (Å²) in [5.41, 5.74) is 0.453. The second kappa shape index (κ2) is 5.84. The van der Waals surface area contributed by atoms with E-state index in [-0.39, 0.29) is 15.2 Å². The molecule has 0 radical (unpaired) electrons. The predicted octanol–water partition coefficient (Wildman–Crippen LogP) is 2.16. The van der Waals surface area contributed by atoms with Crippen molar-refractivity contribution in [2.75, 3.05) is 11.9 Å². The van der Waals surface area contributed by atoms with E-state index in [2.05, 4.69) is 5.32 Å². The Balaban J connectivity index is 2.76. The number of benzene rings is 2. The third-order valence-electron chi connectivity index (χ3n) is 3.06. The van der Waals surface area contributed by atoms with Crippen LogP contribution in [-0.2, 0) is 20.2 Å². The van der Waals surface area contributed by atoms with Crippen LogP contribution in [0.5, 0.6) is 0 Å². The minimum absolute atomic E-state index is 0.267. The van der Waals surface area contributed by atoms with Crippen molar-refractivity contribution in [2.24, 2.45) is 0 Å². The zero-order valence-corrected chi connectivity index (χ0v) is 13.3. The average molecular weight is 345 g/mol. The average Bonchev–Trinajstić information content (AvgIpc) is 2.41. The van der Waals surface area contributed by atoms with Gasteiger partial charge in [-0.2, -0.15) is 16.8 Å². The summed E-state index contributed by atoms with van der Waals surface area (Å²) in [7, 11) is -8.85. The molecule has 0 amide bonds. The zero-order valence-electron chi connectivity index (χ0n) is 11.6. The van der Waals surface area contributed by atoms with Gasteiger partial charge in [0.15, 0.2) is 0 Å². The van der Waals surface area contributed by atoms with Gasteiger partial charge in [-0.05, 0) is 36.1 Å². The number of hydrogen-bond donors (Lipinski definition) is 3. The molecule has 0 spiro atoms. The van der Waals surface area contributed by atoms with Gasteiger partial charge in [0, 0.05) is 17.6 Å². The van der Waals surface area contributed by atoms with E-state index in [0.29, 0.717) is 17.6 Å². The van der Waals surface area contributed by atoms with Crippen molar-refractivity contribution in [1.29, 1.82) is 0 Å². The molecule has 0 aromatic heterocycles. The van der Waals surface area contributed by atoms with Gasteiger partial charge in [0.25, 0.3) is 20.2 Å². The van der Waals surface area contributed by atoms with E-state index in [1.807, 2.05) is 6.92 Å². The van der Waals surface area contributed by atoms with Gasteiger partial charge in [-0.25, -0.2) is 0 Å². The summed E-state index contributed by atoms with van der Waals surface area (Å²) in [6, 6.07) is 6.26. The predicted molar refractivity (Wildman–Crippen MR) is 82.4 cm³/mol. The van der Waals surface area contributed by atoms with Gasteiger partial charge in [0.1, 0.15) is 0 Å². The summed E-state index contributed by atoms with van der Waals surface area (Å²) in [6.45, 7) is 2.50. The highest BCUT2D eigenvalue weighted by Crippen LogP contribution is 2.29. The van der Waals surface area contributed by atoms with E-state index in [9.17, 15) is 21.4 Å². The van der Waals surface area contributed by atoms with Gasteiger partial charge in [-0.1, -0.05) is 13.0 Å². The molecule has 3 N–H and O–H groups in total. The molecule has 0 heterocycles. The van der Waals surface area contributed by atoms with Crippen molar-refractivity contribution < 1.29 is 25.9 Å². The Morgan fingerprint density at radius 1 is 0.955 bits per heavy atom. The van der Waals surface area contributed by atoms with Crippen LogP contribution in [0.3, 0.4) is 0 Å². The normalized spacial score (nSPS) is 12.5. The molecule has 0 unspecified atom stereocenters. The van der Waals surface area contributed by atoms with Crippen LogP contribution in [0.15, 0.2) is 40.1 Å². The lowest BCUT2D eigenvalue weighted by atomic mass is 10.1. The maximum absolute atomic E-state index is 11.3. The molecule has 2 aromatic carbocycles. The van der Waals surface area contributed by atoms with Crippen molar-refractivity contribution in [3.8, 4) is 0 Å². The topological polar surface area (TPSA) is 121 Å². The maximum atomic E-state index is 11.3. The highest BCUT2D eigenvalue weighted by Gasteiger charge is 2.16. The first-order chi connectivity index (χ1) is 10.1. The first-order valence-corrected chi connectivity index (χ1v) is 9.27. The fourth-order valence-electron chi connectivity index (χ4n) is 2.04. The molecule has 0 aliphatic heterocycles. The summed E-state index contributed by atoms with van der Waals surface area (Å²) in [5, 5.41) is 3.87. The first kappa shape index (κ1) is 16.7. The molecule has 0 aliphatic carbocycles. The molecule has 0 fully saturated rings. The minimum Gasteiger partial charge on any atom is -0.385 e. The van der Waals surface area contributed by atoms with E-state index < -0.39 is 20.2 Å². The molecule has 0 saturated heterocycles. The molecule has 0 atom stereocenters. The van der Waals surface area contributed by atoms with Gasteiger partial charge in [0.05, 0.1) is 9.79 Å². The Labute approximate surface area is 128 Å². The Morgan fingerprint density at radius 2 is 1.55 bits per heavy atom. The second-order valence-corrected chi connectivity index (χ2v) is 7.57. The van der Waals surface area contributed by atoms with Gasteiger partial charge < -0.3 is 5.32 Å². The Hall–Kier alpha value is -1.68. The van der Waals surface area contributed by atoms with Crippen molar-refractivity contribution in [1.82, 2.24) is 0 Å². The van der Waals surface area contributed by atoms with Gasteiger partial charge in [-0.3, -0.25) is 9.11 Å². The lowest BCUT2D eigenvalue weighted by Gasteiger charge is -2.11. The maximum Gasteiger partial charge on any atom is 0.294 e. The number of fused-ring (bicyclic) bond motifs is 1. The summed E-state index contributed by atoms with van der Waals surface area (Å²) >= 11 is 0. The van der Waals surface area contributed by atoms with Crippen LogP contribution in [0.25, 0.3) is 10.8 Å². The van der Waals surface area contributed by atoms with Crippen LogP contribution in [0, 0.1) is 0 Å². The summed E-state index contributed by atoms with van der Waals surface area (Å²) in [4.78, 5) is -0.708. The molecule has 2 rings (SSSR count). The number of anilines is 1. The zero-order chi connectivity index (χ0) is 16.5.